The van der Waals surface area contributed by atoms with Crippen LogP contribution in [0.3, 0.4) is 0 Å². The number of H-pyrrole nitrogens is 1. The molecule has 1 amide bonds. The molecule has 2 aromatic carbocycles. The van der Waals surface area contributed by atoms with Crippen molar-refractivity contribution in [3.63, 3.8) is 0 Å². The Balaban J connectivity index is 2.13. The lowest BCUT2D eigenvalue weighted by molar-refractivity contribution is -0.137. The molecule has 0 saturated heterocycles. The van der Waals surface area contributed by atoms with Crippen LogP contribution in [0.1, 0.15) is 32.7 Å². The van der Waals surface area contributed by atoms with E-state index in [4.69, 9.17) is 0 Å². The van der Waals surface area contributed by atoms with Gasteiger partial charge in [0.15, 0.2) is 0 Å². The zero-order chi connectivity index (χ0) is 26.4. The van der Waals surface area contributed by atoms with Crippen LogP contribution in [0.5, 0.6) is 0 Å². The third-order valence-corrected chi connectivity index (χ3v) is 6.35. The van der Waals surface area contributed by atoms with Crippen LogP contribution < -0.4 is 10.3 Å². The number of hydrogen-bond donors (Lipinski definition) is 2. The van der Waals surface area contributed by atoms with Gasteiger partial charge in [-0.1, -0.05) is 23.8 Å². The first-order chi connectivity index (χ1) is 16.8. The molecule has 7 nitrogen and oxygen atoms in total. The minimum absolute atomic E-state index is 0.00931. The smallest absolute Gasteiger partial charge is 0.331 e. The topological polar surface area (TPSA) is 101 Å². The number of aromatic nitrogens is 2. The molecule has 188 valence electrons. The molecule has 2 aromatic heterocycles. The van der Waals surface area contributed by atoms with Gasteiger partial charge < -0.3 is 9.55 Å². The number of aromatic amines is 1. The van der Waals surface area contributed by atoms with Gasteiger partial charge in [0.1, 0.15) is 5.69 Å². The number of benzene rings is 2. The molecule has 0 radical (unpaired) electrons. The van der Waals surface area contributed by atoms with E-state index in [1.54, 1.807) is 0 Å². The Labute approximate surface area is 204 Å². The summed E-state index contributed by atoms with van der Waals surface area (Å²) in [5.74, 6) is -1.06. The van der Waals surface area contributed by atoms with Crippen molar-refractivity contribution in [1.29, 1.82) is 0 Å². The van der Waals surface area contributed by atoms with E-state index in [-0.39, 0.29) is 34.3 Å². The van der Waals surface area contributed by atoms with Crippen LogP contribution in [0.15, 0.2) is 59.5 Å². The monoisotopic (exact) mass is 517 g/mol. The van der Waals surface area contributed by atoms with Crippen molar-refractivity contribution in [3.05, 3.63) is 93.0 Å². The largest absolute Gasteiger partial charge is 0.416 e. The van der Waals surface area contributed by atoms with Gasteiger partial charge in [0.25, 0.3) is 11.5 Å². The van der Waals surface area contributed by atoms with Gasteiger partial charge >= 0.3 is 6.18 Å². The molecule has 0 unspecified atom stereocenters. The molecule has 0 fully saturated rings. The van der Waals surface area contributed by atoms with E-state index in [9.17, 15) is 31.2 Å². The summed E-state index contributed by atoms with van der Waals surface area (Å²) in [5, 5.41) is -0.00931. The summed E-state index contributed by atoms with van der Waals surface area (Å²) in [7, 11) is -4.03. The number of carbonyl (C=O) groups excluding carboxylic acids is 1. The highest BCUT2D eigenvalue weighted by Crippen LogP contribution is 2.38. The van der Waals surface area contributed by atoms with Crippen molar-refractivity contribution in [2.24, 2.45) is 0 Å². The summed E-state index contributed by atoms with van der Waals surface area (Å²) in [6.07, 6.45) is -2.55. The van der Waals surface area contributed by atoms with Gasteiger partial charge in [0, 0.05) is 34.8 Å². The summed E-state index contributed by atoms with van der Waals surface area (Å²) in [6.45, 7) is 3.81. The maximum Gasteiger partial charge on any atom is 0.416 e. The van der Waals surface area contributed by atoms with Crippen LogP contribution in [0.2, 0.25) is 0 Å². The molecule has 36 heavy (non-hydrogen) atoms. The summed E-state index contributed by atoms with van der Waals surface area (Å²) in [4.78, 5) is 28.5. The van der Waals surface area contributed by atoms with Gasteiger partial charge in [0.05, 0.1) is 11.8 Å². The van der Waals surface area contributed by atoms with Gasteiger partial charge in [-0.3, -0.25) is 9.59 Å². The van der Waals surface area contributed by atoms with Crippen molar-refractivity contribution in [1.82, 2.24) is 14.3 Å². The van der Waals surface area contributed by atoms with Crippen LogP contribution in [-0.4, -0.2) is 30.1 Å². The fraction of sp³-hybridized carbons (Fsp3) is 0.200. The average Bonchev–Trinajstić information content (AvgIpc) is 3.08. The van der Waals surface area contributed by atoms with Crippen LogP contribution in [0, 0.1) is 13.8 Å². The van der Waals surface area contributed by atoms with Crippen molar-refractivity contribution >= 4 is 26.8 Å². The molecule has 4 rings (SSSR count). The van der Waals surface area contributed by atoms with E-state index in [1.165, 1.54) is 29.0 Å². The summed E-state index contributed by atoms with van der Waals surface area (Å²) < 4.78 is 68.1. The van der Waals surface area contributed by atoms with Crippen molar-refractivity contribution in [2.45, 2.75) is 26.6 Å². The Hall–Kier alpha value is -3.86. The van der Waals surface area contributed by atoms with Crippen LogP contribution in [0.4, 0.5) is 13.2 Å². The first-order valence-corrected chi connectivity index (χ1v) is 12.6. The fourth-order valence-electron chi connectivity index (χ4n) is 4.23. The fourth-order valence-corrected chi connectivity index (χ4v) is 4.67. The zero-order valence-electron chi connectivity index (χ0n) is 19.5. The van der Waals surface area contributed by atoms with Gasteiger partial charge in [-0.05, 0) is 55.3 Å². The van der Waals surface area contributed by atoms with Gasteiger partial charge in [-0.15, -0.1) is 0 Å². The van der Waals surface area contributed by atoms with E-state index in [0.29, 0.717) is 0 Å². The predicted octanol–water partition coefficient (Wildman–Crippen LogP) is 4.37. The molecule has 11 heteroatoms. The Bertz CT molecular complexity index is 1670. The number of amides is 1. The number of halogens is 3. The highest BCUT2D eigenvalue weighted by molar-refractivity contribution is 7.89. The zero-order valence-corrected chi connectivity index (χ0v) is 20.3. The number of pyridine rings is 1. The molecular formula is C25H22F3N3O4S. The Morgan fingerprint density at radius 3 is 2.42 bits per heavy atom. The second-order valence-electron chi connectivity index (χ2n) is 8.59. The minimum Gasteiger partial charge on any atom is -0.331 e. The molecule has 0 atom stereocenters. The second-order valence-corrected chi connectivity index (χ2v) is 10.3. The molecule has 2 heterocycles. The molecule has 0 spiro atoms. The van der Waals surface area contributed by atoms with E-state index >= 15 is 0 Å². The third-order valence-electron chi connectivity index (χ3n) is 5.80. The first-order valence-electron chi connectivity index (χ1n) is 10.8. The molecule has 2 N–H and O–H groups in total. The predicted molar refractivity (Wildman–Crippen MR) is 130 cm³/mol. The molecular weight excluding hydrogens is 495 g/mol. The third kappa shape index (κ3) is 4.92. The average molecular weight is 518 g/mol. The van der Waals surface area contributed by atoms with Gasteiger partial charge in [0.2, 0.25) is 10.0 Å². The van der Waals surface area contributed by atoms with E-state index in [2.05, 4.69) is 4.98 Å². The normalized spacial score (nSPS) is 12.2. The number of hydrogen-bond acceptors (Lipinski definition) is 4. The summed E-state index contributed by atoms with van der Waals surface area (Å²) in [5.41, 5.74) is 0.845. The molecule has 0 aliphatic rings. The Kier molecular flexibility index (Phi) is 6.29. The van der Waals surface area contributed by atoms with Crippen LogP contribution in [-0.2, 0) is 22.7 Å². The van der Waals surface area contributed by atoms with E-state index < -0.39 is 33.2 Å². The standard InChI is InChI=1S/C25H22F3N3O4S/c1-14-6-7-16(15(2)11-14)13-31-20-9-8-17(25(26,27)28)12-19(20)21(18-5-4-10-29-23(18)32)22(31)24(33)30-36(3,34)35/h4-12H,13H2,1-3H3,(H,29,32)(H,30,33). The molecule has 0 aliphatic heterocycles. The van der Waals surface area contributed by atoms with E-state index in [1.807, 2.05) is 36.8 Å². The number of nitrogens with zero attached hydrogens (tertiary/aromatic N) is 1. The summed E-state index contributed by atoms with van der Waals surface area (Å²) in [6, 6.07) is 11.4. The lowest BCUT2D eigenvalue weighted by atomic mass is 10.0. The highest BCUT2D eigenvalue weighted by Gasteiger charge is 2.33. The number of carbonyl (C=O) groups is 1. The Morgan fingerprint density at radius 2 is 1.81 bits per heavy atom. The Morgan fingerprint density at radius 1 is 1.08 bits per heavy atom. The molecule has 0 aliphatic carbocycles. The molecule has 0 saturated carbocycles. The van der Waals surface area contributed by atoms with Crippen molar-refractivity contribution < 1.29 is 26.4 Å². The first kappa shape index (κ1) is 25.2. The van der Waals surface area contributed by atoms with Gasteiger partial charge in [-0.2, -0.15) is 13.2 Å². The maximum absolute atomic E-state index is 13.6. The molecule has 4 aromatic rings. The number of sulfonamides is 1. The lowest BCUT2D eigenvalue weighted by Gasteiger charge is -2.14. The number of fused-ring (bicyclic) bond motifs is 1. The van der Waals surface area contributed by atoms with Crippen LogP contribution in [0.25, 0.3) is 22.0 Å². The summed E-state index contributed by atoms with van der Waals surface area (Å²) >= 11 is 0. The minimum atomic E-state index is -4.68. The number of aryl methyl sites for hydroxylation is 2. The number of nitrogens with one attached hydrogen (secondary N) is 2. The SMILES string of the molecule is Cc1ccc(Cn2c(C(=O)NS(C)(=O)=O)c(-c3ccc[nH]c3=O)c3cc(C(F)(F)F)ccc32)c(C)c1. The van der Waals surface area contributed by atoms with Gasteiger partial charge in [-0.25, -0.2) is 13.1 Å². The van der Waals surface area contributed by atoms with Crippen molar-refractivity contribution in [2.75, 3.05) is 6.26 Å². The van der Waals surface area contributed by atoms with Crippen molar-refractivity contribution in [3.8, 4) is 11.1 Å². The van der Waals surface area contributed by atoms with Crippen LogP contribution >= 0.6 is 0 Å². The number of alkyl halides is 3. The highest BCUT2D eigenvalue weighted by atomic mass is 32.2. The lowest BCUT2D eigenvalue weighted by Crippen LogP contribution is -2.32. The maximum atomic E-state index is 13.6. The quantitative estimate of drug-likeness (QED) is 0.411. The van der Waals surface area contributed by atoms with E-state index in [0.717, 1.165) is 35.1 Å². The number of rotatable bonds is 5. The second kappa shape index (κ2) is 8.98. The molecule has 0 bridgehead atoms.